The first kappa shape index (κ1) is 23.3. The minimum absolute atomic E-state index is 0.0891. The van der Waals surface area contributed by atoms with Crippen LogP contribution in [0.3, 0.4) is 0 Å². The fourth-order valence-corrected chi connectivity index (χ4v) is 3.82. The maximum atomic E-state index is 13.3. The summed E-state index contributed by atoms with van der Waals surface area (Å²) in [5.41, 5.74) is 6.12. The SMILES string of the molecule is Cc1ccc([C@H](C)CN[C@H](C(=O)Nc2ccc(-c3cnc(C)nc3)cc2)c2ccccc2)cc1. The van der Waals surface area contributed by atoms with Crippen molar-refractivity contribution in [2.75, 3.05) is 11.9 Å². The van der Waals surface area contributed by atoms with E-state index in [0.717, 1.165) is 28.2 Å². The summed E-state index contributed by atoms with van der Waals surface area (Å²) in [5.74, 6) is 0.924. The van der Waals surface area contributed by atoms with Gasteiger partial charge in [-0.05, 0) is 48.6 Å². The number of amides is 1. The Labute approximate surface area is 201 Å². The summed E-state index contributed by atoms with van der Waals surface area (Å²) in [5, 5.41) is 6.55. The van der Waals surface area contributed by atoms with E-state index in [1.54, 1.807) is 12.4 Å². The highest BCUT2D eigenvalue weighted by Gasteiger charge is 2.21. The van der Waals surface area contributed by atoms with Crippen LogP contribution < -0.4 is 10.6 Å². The Morgan fingerprint density at radius 3 is 2.09 bits per heavy atom. The van der Waals surface area contributed by atoms with Crippen molar-refractivity contribution in [1.82, 2.24) is 15.3 Å². The average Bonchev–Trinajstić information content (AvgIpc) is 2.86. The summed E-state index contributed by atoms with van der Waals surface area (Å²) >= 11 is 0. The molecule has 0 unspecified atom stereocenters. The molecule has 34 heavy (non-hydrogen) atoms. The van der Waals surface area contributed by atoms with Gasteiger partial charge in [-0.1, -0.05) is 79.2 Å². The van der Waals surface area contributed by atoms with E-state index in [2.05, 4.69) is 58.7 Å². The molecule has 3 aromatic carbocycles. The number of nitrogens with zero attached hydrogens (tertiary/aromatic N) is 2. The first-order valence-corrected chi connectivity index (χ1v) is 11.5. The monoisotopic (exact) mass is 450 g/mol. The molecule has 0 radical (unpaired) electrons. The van der Waals surface area contributed by atoms with Gasteiger partial charge in [0.2, 0.25) is 5.91 Å². The number of nitrogens with one attached hydrogen (secondary N) is 2. The number of hydrogen-bond acceptors (Lipinski definition) is 4. The summed E-state index contributed by atoms with van der Waals surface area (Å²) in [7, 11) is 0. The lowest BCUT2D eigenvalue weighted by atomic mass is 9.98. The summed E-state index contributed by atoms with van der Waals surface area (Å²) in [6.07, 6.45) is 3.61. The largest absolute Gasteiger partial charge is 0.324 e. The third kappa shape index (κ3) is 5.94. The van der Waals surface area contributed by atoms with E-state index in [1.807, 2.05) is 61.5 Å². The van der Waals surface area contributed by atoms with Crippen LogP contribution in [0, 0.1) is 13.8 Å². The molecule has 0 aliphatic rings. The molecule has 2 atom stereocenters. The molecular weight excluding hydrogens is 420 g/mol. The maximum Gasteiger partial charge on any atom is 0.246 e. The zero-order valence-corrected chi connectivity index (χ0v) is 19.8. The van der Waals surface area contributed by atoms with Crippen molar-refractivity contribution < 1.29 is 4.79 Å². The van der Waals surface area contributed by atoms with Gasteiger partial charge in [-0.25, -0.2) is 9.97 Å². The molecule has 0 aliphatic carbocycles. The smallest absolute Gasteiger partial charge is 0.246 e. The molecule has 5 nitrogen and oxygen atoms in total. The first-order chi connectivity index (χ1) is 16.5. The zero-order valence-electron chi connectivity index (χ0n) is 19.8. The van der Waals surface area contributed by atoms with E-state index in [-0.39, 0.29) is 11.8 Å². The van der Waals surface area contributed by atoms with Crippen LogP contribution in [0.25, 0.3) is 11.1 Å². The van der Waals surface area contributed by atoms with Crippen molar-refractivity contribution in [2.24, 2.45) is 0 Å². The van der Waals surface area contributed by atoms with Gasteiger partial charge in [0, 0.05) is 30.2 Å². The highest BCUT2D eigenvalue weighted by atomic mass is 16.2. The molecule has 0 fully saturated rings. The Bertz CT molecular complexity index is 1200. The quantitative estimate of drug-likeness (QED) is 0.354. The number of carbonyl (C=O) groups is 1. The predicted octanol–water partition coefficient (Wildman–Crippen LogP) is 5.83. The molecule has 1 aromatic heterocycles. The predicted molar refractivity (Wildman–Crippen MR) is 138 cm³/mol. The molecule has 4 aromatic rings. The fourth-order valence-electron chi connectivity index (χ4n) is 3.82. The van der Waals surface area contributed by atoms with Gasteiger partial charge in [0.1, 0.15) is 11.9 Å². The third-order valence-electron chi connectivity index (χ3n) is 5.94. The standard InChI is InChI=1S/C29H30N4O/c1-20-9-11-23(12-10-20)21(2)17-32-28(25-7-5-4-6-8-25)29(34)33-27-15-13-24(14-16-27)26-18-30-22(3)31-19-26/h4-16,18-19,21,28,32H,17H2,1-3H3,(H,33,34)/t21-,28+/m1/s1. The number of aromatic nitrogens is 2. The normalized spacial score (nSPS) is 12.7. The van der Waals surface area contributed by atoms with Crippen molar-refractivity contribution >= 4 is 11.6 Å². The molecule has 2 N–H and O–H groups in total. The number of hydrogen-bond donors (Lipinski definition) is 2. The van der Waals surface area contributed by atoms with E-state index in [0.29, 0.717) is 6.54 Å². The van der Waals surface area contributed by atoms with Crippen LogP contribution in [0.4, 0.5) is 5.69 Å². The minimum Gasteiger partial charge on any atom is -0.324 e. The molecule has 5 heteroatoms. The van der Waals surface area contributed by atoms with E-state index in [9.17, 15) is 4.79 Å². The van der Waals surface area contributed by atoms with E-state index in [1.165, 1.54) is 11.1 Å². The fraction of sp³-hybridized carbons (Fsp3) is 0.207. The van der Waals surface area contributed by atoms with Gasteiger partial charge in [-0.3, -0.25) is 4.79 Å². The van der Waals surface area contributed by atoms with Crippen LogP contribution in [0.1, 0.15) is 41.4 Å². The van der Waals surface area contributed by atoms with Gasteiger partial charge in [0.15, 0.2) is 0 Å². The van der Waals surface area contributed by atoms with Crippen LogP contribution in [0.2, 0.25) is 0 Å². The molecular formula is C29H30N4O. The molecule has 0 aliphatic heterocycles. The molecule has 0 bridgehead atoms. The molecule has 0 saturated carbocycles. The molecule has 0 saturated heterocycles. The van der Waals surface area contributed by atoms with Gasteiger partial charge < -0.3 is 10.6 Å². The van der Waals surface area contributed by atoms with Crippen LogP contribution in [-0.2, 0) is 4.79 Å². The number of rotatable bonds is 8. The zero-order chi connectivity index (χ0) is 23.9. The first-order valence-electron chi connectivity index (χ1n) is 11.5. The number of carbonyl (C=O) groups excluding carboxylic acids is 1. The second-order valence-corrected chi connectivity index (χ2v) is 8.65. The van der Waals surface area contributed by atoms with Crippen LogP contribution in [-0.4, -0.2) is 22.4 Å². The molecule has 172 valence electrons. The number of benzene rings is 3. The van der Waals surface area contributed by atoms with Gasteiger partial charge in [-0.2, -0.15) is 0 Å². The highest BCUT2D eigenvalue weighted by molar-refractivity contribution is 5.95. The Morgan fingerprint density at radius 2 is 1.44 bits per heavy atom. The van der Waals surface area contributed by atoms with Gasteiger partial charge in [0.05, 0.1) is 0 Å². The lowest BCUT2D eigenvalue weighted by Gasteiger charge is -2.22. The van der Waals surface area contributed by atoms with Crippen molar-refractivity contribution in [3.05, 3.63) is 114 Å². The topological polar surface area (TPSA) is 66.9 Å². The minimum atomic E-state index is -0.459. The molecule has 1 amide bonds. The second-order valence-electron chi connectivity index (χ2n) is 8.65. The van der Waals surface area contributed by atoms with Crippen LogP contribution in [0.15, 0.2) is 91.3 Å². The summed E-state index contributed by atoms with van der Waals surface area (Å²) in [6, 6.07) is 25.7. The van der Waals surface area contributed by atoms with Gasteiger partial charge in [0.25, 0.3) is 0 Å². The van der Waals surface area contributed by atoms with Crippen molar-refractivity contribution in [3.63, 3.8) is 0 Å². The Balaban J connectivity index is 1.46. The second kappa shape index (κ2) is 10.9. The van der Waals surface area contributed by atoms with Crippen LogP contribution in [0.5, 0.6) is 0 Å². The lowest BCUT2D eigenvalue weighted by Crippen LogP contribution is -2.35. The van der Waals surface area contributed by atoms with Gasteiger partial charge >= 0.3 is 0 Å². The maximum absolute atomic E-state index is 13.3. The van der Waals surface area contributed by atoms with Crippen LogP contribution >= 0.6 is 0 Å². The molecule has 0 spiro atoms. The Morgan fingerprint density at radius 1 is 0.794 bits per heavy atom. The Kier molecular flexibility index (Phi) is 7.45. The number of anilines is 1. The van der Waals surface area contributed by atoms with Crippen molar-refractivity contribution in [2.45, 2.75) is 32.7 Å². The van der Waals surface area contributed by atoms with E-state index >= 15 is 0 Å². The van der Waals surface area contributed by atoms with Crippen molar-refractivity contribution in [1.29, 1.82) is 0 Å². The summed E-state index contributed by atoms with van der Waals surface area (Å²) < 4.78 is 0. The summed E-state index contributed by atoms with van der Waals surface area (Å²) in [6.45, 7) is 6.80. The Hall–Kier alpha value is -3.83. The number of aryl methyl sites for hydroxylation is 2. The van der Waals surface area contributed by atoms with E-state index < -0.39 is 6.04 Å². The molecule has 1 heterocycles. The molecule has 4 rings (SSSR count). The van der Waals surface area contributed by atoms with E-state index in [4.69, 9.17) is 0 Å². The average molecular weight is 451 g/mol. The third-order valence-corrected chi connectivity index (χ3v) is 5.94. The summed E-state index contributed by atoms with van der Waals surface area (Å²) in [4.78, 5) is 21.8. The van der Waals surface area contributed by atoms with Crippen molar-refractivity contribution in [3.8, 4) is 11.1 Å². The van der Waals surface area contributed by atoms with Gasteiger partial charge in [-0.15, -0.1) is 0 Å². The highest BCUT2D eigenvalue weighted by Crippen LogP contribution is 2.22. The lowest BCUT2D eigenvalue weighted by molar-refractivity contribution is -0.118.